The zero-order valence-electron chi connectivity index (χ0n) is 10.6. The summed E-state index contributed by atoms with van der Waals surface area (Å²) >= 11 is 15.2. The normalized spacial score (nSPS) is 11.4. The number of rotatable bonds is 4. The van der Waals surface area contributed by atoms with Gasteiger partial charge in [-0.05, 0) is 35.9 Å². The number of nitrogens with one attached hydrogen (secondary N) is 1. The van der Waals surface area contributed by atoms with E-state index >= 15 is 0 Å². The topological polar surface area (TPSA) is 72.2 Å². The Hall–Kier alpha value is -0.790. The molecule has 112 valence electrons. The zero-order chi connectivity index (χ0) is 15.6. The molecule has 0 heterocycles. The second-order valence-corrected chi connectivity index (χ2v) is 7.60. The summed E-state index contributed by atoms with van der Waals surface area (Å²) in [7, 11) is -3.77. The molecule has 0 spiro atoms. The number of hydrogen-bond acceptors (Lipinski definition) is 3. The van der Waals surface area contributed by atoms with Crippen LogP contribution in [0.25, 0.3) is 0 Å². The quantitative estimate of drug-likeness (QED) is 0.800. The Kier molecular flexibility index (Phi) is 5.16. The third-order valence-electron chi connectivity index (χ3n) is 2.73. The fraction of sp³-hybridized carbons (Fsp3) is 0.0769. The van der Waals surface area contributed by atoms with Crippen molar-refractivity contribution in [3.63, 3.8) is 0 Å². The average molecular weight is 410 g/mol. The molecule has 0 fully saturated rings. The van der Waals surface area contributed by atoms with Crippen molar-refractivity contribution < 1.29 is 8.42 Å². The molecule has 2 rings (SSSR count). The molecule has 2 aromatic carbocycles. The standard InChI is InChI=1S/C13H11BrCl2N2O2S/c14-9-2-4-13(12(16)5-9)18-21(19,20)10-3-1-8(7-17)11(15)6-10/h1-6,18H,7,17H2. The number of halogens is 3. The van der Waals surface area contributed by atoms with Gasteiger partial charge >= 0.3 is 0 Å². The lowest BCUT2D eigenvalue weighted by atomic mass is 10.2. The molecule has 2 aromatic rings. The van der Waals surface area contributed by atoms with Crippen LogP contribution in [-0.4, -0.2) is 8.42 Å². The van der Waals surface area contributed by atoms with Gasteiger partial charge in [0.05, 0.1) is 15.6 Å². The van der Waals surface area contributed by atoms with Crippen LogP contribution in [-0.2, 0) is 16.6 Å². The molecule has 0 saturated carbocycles. The van der Waals surface area contributed by atoms with Gasteiger partial charge in [-0.1, -0.05) is 45.2 Å². The van der Waals surface area contributed by atoms with Crippen LogP contribution in [0.2, 0.25) is 10.0 Å². The van der Waals surface area contributed by atoms with Crippen molar-refractivity contribution in [2.45, 2.75) is 11.4 Å². The lowest BCUT2D eigenvalue weighted by molar-refractivity contribution is 0.601. The maximum Gasteiger partial charge on any atom is 0.261 e. The third-order valence-corrected chi connectivity index (χ3v) is 5.25. The van der Waals surface area contributed by atoms with Gasteiger partial charge in [0.25, 0.3) is 10.0 Å². The number of hydrogen-bond donors (Lipinski definition) is 2. The van der Waals surface area contributed by atoms with Crippen molar-refractivity contribution >= 4 is 54.8 Å². The summed E-state index contributed by atoms with van der Waals surface area (Å²) in [6.07, 6.45) is 0. The first kappa shape index (κ1) is 16.6. The highest BCUT2D eigenvalue weighted by Gasteiger charge is 2.17. The Balaban J connectivity index is 2.36. The maximum absolute atomic E-state index is 12.3. The second-order valence-electron chi connectivity index (χ2n) is 4.19. The minimum Gasteiger partial charge on any atom is -0.326 e. The van der Waals surface area contributed by atoms with E-state index in [0.29, 0.717) is 16.3 Å². The number of anilines is 1. The molecule has 0 radical (unpaired) electrons. The van der Waals surface area contributed by atoms with Crippen molar-refractivity contribution in [1.82, 2.24) is 0 Å². The van der Waals surface area contributed by atoms with E-state index in [1.807, 2.05) is 0 Å². The van der Waals surface area contributed by atoms with E-state index in [9.17, 15) is 8.42 Å². The Morgan fingerprint density at radius 2 is 1.81 bits per heavy atom. The summed E-state index contributed by atoms with van der Waals surface area (Å²) in [6, 6.07) is 9.25. The molecule has 0 bridgehead atoms. The van der Waals surface area contributed by atoms with Crippen LogP contribution in [0.3, 0.4) is 0 Å². The van der Waals surface area contributed by atoms with Crippen molar-refractivity contribution in [2.24, 2.45) is 5.73 Å². The van der Waals surface area contributed by atoms with Gasteiger partial charge in [-0.15, -0.1) is 0 Å². The van der Waals surface area contributed by atoms with E-state index in [2.05, 4.69) is 20.7 Å². The van der Waals surface area contributed by atoms with Crippen molar-refractivity contribution in [1.29, 1.82) is 0 Å². The van der Waals surface area contributed by atoms with E-state index < -0.39 is 10.0 Å². The predicted molar refractivity (Wildman–Crippen MR) is 89.3 cm³/mol. The molecule has 0 amide bonds. The van der Waals surface area contributed by atoms with Crippen LogP contribution in [0.4, 0.5) is 5.69 Å². The average Bonchev–Trinajstić information content (AvgIpc) is 2.42. The van der Waals surface area contributed by atoms with Gasteiger partial charge in [-0.2, -0.15) is 0 Å². The van der Waals surface area contributed by atoms with Gasteiger partial charge in [0.15, 0.2) is 0 Å². The van der Waals surface area contributed by atoms with Crippen LogP contribution in [0.15, 0.2) is 45.8 Å². The molecule has 3 N–H and O–H groups in total. The van der Waals surface area contributed by atoms with Gasteiger partial charge in [-0.25, -0.2) is 8.42 Å². The van der Waals surface area contributed by atoms with Gasteiger partial charge in [-0.3, -0.25) is 4.72 Å². The minimum absolute atomic E-state index is 0.0451. The van der Waals surface area contributed by atoms with E-state index in [1.54, 1.807) is 24.3 Å². The van der Waals surface area contributed by atoms with Crippen LogP contribution in [0, 0.1) is 0 Å². The number of nitrogens with two attached hydrogens (primary N) is 1. The van der Waals surface area contributed by atoms with E-state index in [1.165, 1.54) is 12.1 Å². The molecule has 8 heteroatoms. The highest BCUT2D eigenvalue weighted by molar-refractivity contribution is 9.10. The molecule has 0 aliphatic carbocycles. The van der Waals surface area contributed by atoms with Gasteiger partial charge in [0, 0.05) is 16.0 Å². The number of benzene rings is 2. The Bertz CT molecular complexity index is 782. The highest BCUT2D eigenvalue weighted by Crippen LogP contribution is 2.28. The molecular weight excluding hydrogens is 399 g/mol. The van der Waals surface area contributed by atoms with Crippen molar-refractivity contribution in [3.05, 3.63) is 56.5 Å². The summed E-state index contributed by atoms with van der Waals surface area (Å²) < 4.78 is 27.8. The minimum atomic E-state index is -3.77. The molecule has 0 aromatic heterocycles. The SMILES string of the molecule is NCc1ccc(S(=O)(=O)Nc2ccc(Br)cc2Cl)cc1Cl. The Morgan fingerprint density at radius 3 is 2.38 bits per heavy atom. The summed E-state index contributed by atoms with van der Waals surface area (Å²) in [5, 5.41) is 0.597. The van der Waals surface area contributed by atoms with Gasteiger partial charge < -0.3 is 5.73 Å². The van der Waals surface area contributed by atoms with Gasteiger partial charge in [0.1, 0.15) is 0 Å². The molecule has 21 heavy (non-hydrogen) atoms. The lowest BCUT2D eigenvalue weighted by Gasteiger charge is -2.11. The fourth-order valence-electron chi connectivity index (χ4n) is 1.64. The molecular formula is C13H11BrCl2N2O2S. The first-order valence-electron chi connectivity index (χ1n) is 5.80. The molecule has 0 aliphatic heterocycles. The van der Waals surface area contributed by atoms with Crippen LogP contribution < -0.4 is 10.5 Å². The summed E-state index contributed by atoms with van der Waals surface area (Å²) in [6.45, 7) is 0.241. The van der Waals surface area contributed by atoms with E-state index in [-0.39, 0.29) is 16.5 Å². The van der Waals surface area contributed by atoms with Crippen LogP contribution in [0.1, 0.15) is 5.56 Å². The maximum atomic E-state index is 12.3. The largest absolute Gasteiger partial charge is 0.326 e. The molecule has 0 atom stereocenters. The Labute approximate surface area is 141 Å². The molecule has 0 unspecified atom stereocenters. The molecule has 0 saturated heterocycles. The highest BCUT2D eigenvalue weighted by atomic mass is 79.9. The Morgan fingerprint density at radius 1 is 1.10 bits per heavy atom. The monoisotopic (exact) mass is 408 g/mol. The second kappa shape index (κ2) is 6.54. The summed E-state index contributed by atoms with van der Waals surface area (Å²) in [5.41, 5.74) is 6.46. The molecule has 4 nitrogen and oxygen atoms in total. The zero-order valence-corrected chi connectivity index (χ0v) is 14.5. The first-order valence-corrected chi connectivity index (χ1v) is 8.83. The lowest BCUT2D eigenvalue weighted by Crippen LogP contribution is -2.13. The predicted octanol–water partition coefficient (Wildman–Crippen LogP) is 4.02. The first-order chi connectivity index (χ1) is 9.83. The van der Waals surface area contributed by atoms with Crippen LogP contribution in [0.5, 0.6) is 0 Å². The van der Waals surface area contributed by atoms with E-state index in [4.69, 9.17) is 28.9 Å². The summed E-state index contributed by atoms with van der Waals surface area (Å²) in [4.78, 5) is 0.0451. The number of sulfonamides is 1. The van der Waals surface area contributed by atoms with Gasteiger partial charge in [0.2, 0.25) is 0 Å². The smallest absolute Gasteiger partial charge is 0.261 e. The van der Waals surface area contributed by atoms with Crippen LogP contribution >= 0.6 is 39.1 Å². The van der Waals surface area contributed by atoms with Crippen molar-refractivity contribution in [2.75, 3.05) is 4.72 Å². The third kappa shape index (κ3) is 3.90. The fourth-order valence-corrected chi connectivity index (χ4v) is 3.84. The van der Waals surface area contributed by atoms with E-state index in [0.717, 1.165) is 4.47 Å². The van der Waals surface area contributed by atoms with Crippen molar-refractivity contribution in [3.8, 4) is 0 Å². The molecule has 0 aliphatic rings. The summed E-state index contributed by atoms with van der Waals surface area (Å²) in [5.74, 6) is 0.